The van der Waals surface area contributed by atoms with Crippen molar-refractivity contribution in [3.63, 3.8) is 0 Å². The zero-order valence-electron chi connectivity index (χ0n) is 19.6. The maximum atomic E-state index is 12.8. The van der Waals surface area contributed by atoms with Crippen molar-refractivity contribution in [1.82, 2.24) is 0 Å². The van der Waals surface area contributed by atoms with Crippen LogP contribution < -0.4 is 0 Å². The Bertz CT molecular complexity index is 552. The van der Waals surface area contributed by atoms with Crippen molar-refractivity contribution in [3.8, 4) is 0 Å². The van der Waals surface area contributed by atoms with Crippen molar-refractivity contribution < 1.29 is 23.9 Å². The predicted octanol–water partition coefficient (Wildman–Crippen LogP) is 5.03. The number of allylic oxidation sites excluding steroid dienone is 1. The third kappa shape index (κ3) is 9.98. The van der Waals surface area contributed by atoms with Gasteiger partial charge in [0, 0.05) is 5.92 Å². The van der Waals surface area contributed by atoms with Gasteiger partial charge in [0.15, 0.2) is 8.32 Å². The number of aliphatic hydroxyl groups excluding tert-OH is 1. The molecule has 0 aliphatic carbocycles. The summed E-state index contributed by atoms with van der Waals surface area (Å²) in [5.41, 5.74) is 0.460. The molecule has 0 heterocycles. The first-order valence-electron chi connectivity index (χ1n) is 10.2. The van der Waals surface area contributed by atoms with Gasteiger partial charge < -0.3 is 14.3 Å². The summed E-state index contributed by atoms with van der Waals surface area (Å²) in [5, 5.41) is 9.10. The molecule has 0 saturated carbocycles. The van der Waals surface area contributed by atoms with Crippen LogP contribution in [0.5, 0.6) is 0 Å². The van der Waals surface area contributed by atoms with Crippen molar-refractivity contribution in [3.05, 3.63) is 11.6 Å². The van der Waals surface area contributed by atoms with Crippen LogP contribution in [0.15, 0.2) is 11.6 Å². The molecule has 2 atom stereocenters. The molecular formula is C22H42O5Si. The quantitative estimate of drug-likeness (QED) is 0.235. The highest BCUT2D eigenvalue weighted by Gasteiger charge is 2.41. The normalized spacial score (nSPS) is 15.9. The van der Waals surface area contributed by atoms with Gasteiger partial charge in [-0.15, -0.1) is 0 Å². The first kappa shape index (κ1) is 27.0. The molecule has 0 aliphatic heterocycles. The number of aliphatic hydroxyl groups is 1. The van der Waals surface area contributed by atoms with E-state index in [1.54, 1.807) is 26.8 Å². The molecule has 0 radical (unpaired) electrons. The highest BCUT2D eigenvalue weighted by atomic mass is 28.4. The molecule has 5 nitrogen and oxygen atoms in total. The van der Waals surface area contributed by atoms with Gasteiger partial charge in [-0.1, -0.05) is 39.3 Å². The van der Waals surface area contributed by atoms with E-state index in [4.69, 9.17) is 14.3 Å². The van der Waals surface area contributed by atoms with E-state index in [0.717, 1.165) is 12.0 Å². The van der Waals surface area contributed by atoms with Crippen LogP contribution >= 0.6 is 0 Å². The van der Waals surface area contributed by atoms with Gasteiger partial charge in [-0.2, -0.15) is 0 Å². The van der Waals surface area contributed by atoms with Gasteiger partial charge in [0.25, 0.3) is 0 Å². The predicted molar refractivity (Wildman–Crippen MR) is 117 cm³/mol. The summed E-state index contributed by atoms with van der Waals surface area (Å²) in [5.74, 6) is -1.04. The van der Waals surface area contributed by atoms with Crippen molar-refractivity contribution in [2.75, 3.05) is 6.61 Å². The SMILES string of the molecule is C/C(=C/CO)CC[C@H](O[Si](C)(C)C(C)(C)C)[C@@H](C)C(=O)CC(=O)OC(C)(C)C. The molecule has 0 aromatic heterocycles. The minimum atomic E-state index is -2.08. The molecule has 0 amide bonds. The van der Waals surface area contributed by atoms with Gasteiger partial charge >= 0.3 is 5.97 Å². The number of Topliss-reactive ketones (excluding diaryl/α,β-unsaturated/α-hetero) is 1. The maximum Gasteiger partial charge on any atom is 0.313 e. The summed E-state index contributed by atoms with van der Waals surface area (Å²) in [6.07, 6.45) is 2.69. The van der Waals surface area contributed by atoms with Crippen molar-refractivity contribution >= 4 is 20.1 Å². The van der Waals surface area contributed by atoms with Gasteiger partial charge in [-0.3, -0.25) is 9.59 Å². The summed E-state index contributed by atoms with van der Waals surface area (Å²) in [7, 11) is -2.08. The lowest BCUT2D eigenvalue weighted by molar-refractivity contribution is -0.157. The fraction of sp³-hybridized carbons (Fsp3) is 0.818. The number of ketones is 1. The number of ether oxygens (including phenoxy) is 1. The molecular weight excluding hydrogens is 372 g/mol. The van der Waals surface area contributed by atoms with Crippen LogP contribution in [-0.4, -0.2) is 43.5 Å². The Morgan fingerprint density at radius 3 is 2.07 bits per heavy atom. The molecule has 164 valence electrons. The number of rotatable bonds is 10. The number of esters is 1. The second-order valence-electron chi connectivity index (χ2n) is 10.2. The lowest BCUT2D eigenvalue weighted by Crippen LogP contribution is -2.46. The molecule has 0 aromatic carbocycles. The van der Waals surface area contributed by atoms with Crippen LogP contribution in [0.2, 0.25) is 18.1 Å². The Morgan fingerprint density at radius 1 is 1.11 bits per heavy atom. The van der Waals surface area contributed by atoms with E-state index in [2.05, 4.69) is 33.9 Å². The molecule has 0 fully saturated rings. The topological polar surface area (TPSA) is 72.8 Å². The van der Waals surface area contributed by atoms with E-state index in [-0.39, 0.29) is 30.0 Å². The van der Waals surface area contributed by atoms with Gasteiger partial charge in [-0.05, 0) is 58.7 Å². The summed E-state index contributed by atoms with van der Waals surface area (Å²) >= 11 is 0. The van der Waals surface area contributed by atoms with E-state index in [1.165, 1.54) is 0 Å². The van der Waals surface area contributed by atoms with E-state index < -0.39 is 25.8 Å². The van der Waals surface area contributed by atoms with Crippen molar-refractivity contribution in [2.24, 2.45) is 5.92 Å². The smallest absolute Gasteiger partial charge is 0.313 e. The van der Waals surface area contributed by atoms with Gasteiger partial charge in [0.1, 0.15) is 17.8 Å². The first-order valence-corrected chi connectivity index (χ1v) is 13.1. The van der Waals surface area contributed by atoms with Crippen molar-refractivity contribution in [1.29, 1.82) is 0 Å². The van der Waals surface area contributed by atoms with Crippen LogP contribution in [0.1, 0.15) is 74.7 Å². The number of carbonyl (C=O) groups excluding carboxylic acids is 2. The number of hydrogen-bond acceptors (Lipinski definition) is 5. The van der Waals surface area contributed by atoms with Crippen molar-refractivity contribution in [2.45, 2.75) is 104 Å². The van der Waals surface area contributed by atoms with E-state index in [0.29, 0.717) is 6.42 Å². The average Bonchev–Trinajstić information content (AvgIpc) is 2.47. The molecule has 28 heavy (non-hydrogen) atoms. The fourth-order valence-electron chi connectivity index (χ4n) is 2.48. The number of hydrogen-bond donors (Lipinski definition) is 1. The van der Waals surface area contributed by atoms with Crippen LogP contribution in [0.25, 0.3) is 0 Å². The van der Waals surface area contributed by atoms with Gasteiger partial charge in [0.2, 0.25) is 0 Å². The summed E-state index contributed by atoms with van der Waals surface area (Å²) in [6.45, 7) is 20.0. The molecule has 0 spiro atoms. The molecule has 6 heteroatoms. The van der Waals surface area contributed by atoms with Crippen LogP contribution in [0, 0.1) is 5.92 Å². The molecule has 0 rings (SSSR count). The Labute approximate surface area is 173 Å². The third-order valence-corrected chi connectivity index (χ3v) is 9.82. The zero-order valence-corrected chi connectivity index (χ0v) is 20.6. The summed E-state index contributed by atoms with van der Waals surface area (Å²) < 4.78 is 11.9. The molecule has 0 aromatic rings. The van der Waals surface area contributed by atoms with Crippen LogP contribution in [0.3, 0.4) is 0 Å². The Morgan fingerprint density at radius 2 is 1.64 bits per heavy atom. The Hall–Kier alpha value is -0.983. The minimum Gasteiger partial charge on any atom is -0.460 e. The number of carbonyl (C=O) groups is 2. The standard InChI is InChI=1S/C22H42O5Si/c1-16(13-14-23)11-12-19(27-28(9,10)22(6,7)8)17(2)18(24)15-20(25)26-21(3,4)5/h13,17,19,23H,11-12,14-15H2,1-10H3/b16-13-/t17-,19-/m0/s1. The Kier molecular flexibility index (Phi) is 10.3. The summed E-state index contributed by atoms with van der Waals surface area (Å²) in [4.78, 5) is 24.8. The highest BCUT2D eigenvalue weighted by Crippen LogP contribution is 2.39. The lowest BCUT2D eigenvalue weighted by atomic mass is 9.93. The monoisotopic (exact) mass is 414 g/mol. The van der Waals surface area contributed by atoms with Gasteiger partial charge in [0.05, 0.1) is 12.7 Å². The molecule has 0 bridgehead atoms. The molecule has 0 saturated heterocycles. The average molecular weight is 415 g/mol. The van der Waals surface area contributed by atoms with E-state index >= 15 is 0 Å². The first-order chi connectivity index (χ1) is 12.5. The van der Waals surface area contributed by atoms with E-state index in [9.17, 15) is 9.59 Å². The minimum absolute atomic E-state index is 0.00667. The summed E-state index contributed by atoms with van der Waals surface area (Å²) in [6, 6.07) is 0. The zero-order chi connectivity index (χ0) is 22.3. The van der Waals surface area contributed by atoms with E-state index in [1.807, 2.05) is 13.8 Å². The Balaban J connectivity index is 5.33. The second kappa shape index (κ2) is 10.7. The highest BCUT2D eigenvalue weighted by molar-refractivity contribution is 6.74. The molecule has 0 unspecified atom stereocenters. The molecule has 0 aliphatic rings. The second-order valence-corrected chi connectivity index (χ2v) is 15.0. The fourth-order valence-corrected chi connectivity index (χ4v) is 3.91. The maximum absolute atomic E-state index is 12.8. The third-order valence-electron chi connectivity index (χ3n) is 5.32. The van der Waals surface area contributed by atoms with Crippen LogP contribution in [0.4, 0.5) is 0 Å². The molecule has 1 N–H and O–H groups in total. The van der Waals surface area contributed by atoms with Gasteiger partial charge in [-0.25, -0.2) is 0 Å². The lowest BCUT2D eigenvalue weighted by Gasteiger charge is -2.40. The largest absolute Gasteiger partial charge is 0.460 e. The van der Waals surface area contributed by atoms with Crippen LogP contribution in [-0.2, 0) is 18.8 Å².